The predicted molar refractivity (Wildman–Crippen MR) is 102 cm³/mol. The summed E-state index contributed by atoms with van der Waals surface area (Å²) in [6.45, 7) is 1.88. The van der Waals surface area contributed by atoms with E-state index in [0.717, 1.165) is 5.56 Å². The maximum atomic E-state index is 12.5. The molecule has 26 heavy (non-hydrogen) atoms. The Bertz CT molecular complexity index is 1080. The standard InChI is InChI=1S/C16H15BrN2O5S2/c1-11-2-7-15(14(17)10-11)18-26(23,24)13-5-3-12(4-6-13)19-16(20)8-9-25(19,21)22/h2-7,10,18H,8-9H2,1H3. The Morgan fingerprint density at radius 3 is 2.31 bits per heavy atom. The Balaban J connectivity index is 1.89. The fourth-order valence-electron chi connectivity index (χ4n) is 2.54. The average molecular weight is 459 g/mol. The van der Waals surface area contributed by atoms with E-state index in [2.05, 4.69) is 20.7 Å². The van der Waals surface area contributed by atoms with Gasteiger partial charge < -0.3 is 0 Å². The molecule has 0 aromatic heterocycles. The second-order valence-electron chi connectivity index (χ2n) is 5.81. The van der Waals surface area contributed by atoms with Crippen molar-refractivity contribution in [1.29, 1.82) is 0 Å². The molecule has 1 fully saturated rings. The van der Waals surface area contributed by atoms with Crippen molar-refractivity contribution in [2.45, 2.75) is 18.2 Å². The lowest BCUT2D eigenvalue weighted by Crippen LogP contribution is -2.29. The first-order valence-electron chi connectivity index (χ1n) is 7.55. The number of amides is 1. The number of carbonyl (C=O) groups excluding carboxylic acids is 1. The minimum Gasteiger partial charge on any atom is -0.278 e. The lowest BCUT2D eigenvalue weighted by molar-refractivity contribution is -0.116. The minimum absolute atomic E-state index is 0.0437. The average Bonchev–Trinajstić information content (AvgIpc) is 2.83. The van der Waals surface area contributed by atoms with E-state index in [0.29, 0.717) is 14.5 Å². The second-order valence-corrected chi connectivity index (χ2v) is 10.3. The summed E-state index contributed by atoms with van der Waals surface area (Å²) in [5.74, 6) is -0.767. The summed E-state index contributed by atoms with van der Waals surface area (Å²) in [6.07, 6.45) is -0.0780. The number of nitrogens with one attached hydrogen (secondary N) is 1. The number of hydrogen-bond acceptors (Lipinski definition) is 5. The van der Waals surface area contributed by atoms with E-state index in [4.69, 9.17) is 0 Å². The van der Waals surface area contributed by atoms with Crippen LogP contribution in [0.5, 0.6) is 0 Å². The smallest absolute Gasteiger partial charge is 0.261 e. The number of aryl methyl sites for hydroxylation is 1. The van der Waals surface area contributed by atoms with E-state index in [1.54, 1.807) is 18.2 Å². The van der Waals surface area contributed by atoms with Crippen molar-refractivity contribution in [1.82, 2.24) is 0 Å². The van der Waals surface area contributed by atoms with Gasteiger partial charge in [0, 0.05) is 10.9 Å². The first-order valence-corrected chi connectivity index (χ1v) is 11.4. The Kier molecular flexibility index (Phi) is 4.84. The van der Waals surface area contributed by atoms with Crippen LogP contribution in [0.3, 0.4) is 0 Å². The van der Waals surface area contributed by atoms with E-state index in [1.165, 1.54) is 24.3 Å². The number of anilines is 2. The van der Waals surface area contributed by atoms with E-state index in [1.807, 2.05) is 6.92 Å². The number of nitrogens with zero attached hydrogens (tertiary/aromatic N) is 1. The molecule has 0 unspecified atom stereocenters. The molecular formula is C16H15BrN2O5S2. The van der Waals surface area contributed by atoms with Crippen molar-refractivity contribution in [2.75, 3.05) is 14.8 Å². The summed E-state index contributed by atoms with van der Waals surface area (Å²) < 4.78 is 52.7. The second kappa shape index (κ2) is 6.67. The molecule has 1 amide bonds. The molecule has 0 atom stereocenters. The van der Waals surface area contributed by atoms with Gasteiger partial charge in [-0.3, -0.25) is 9.52 Å². The van der Waals surface area contributed by atoms with Gasteiger partial charge in [-0.1, -0.05) is 6.07 Å². The highest BCUT2D eigenvalue weighted by Gasteiger charge is 2.36. The number of carbonyl (C=O) groups is 1. The fraction of sp³-hybridized carbons (Fsp3) is 0.188. The van der Waals surface area contributed by atoms with E-state index in [9.17, 15) is 21.6 Å². The van der Waals surface area contributed by atoms with Gasteiger partial charge in [0.05, 0.1) is 22.0 Å². The number of sulfonamides is 2. The zero-order valence-electron chi connectivity index (χ0n) is 13.6. The summed E-state index contributed by atoms with van der Waals surface area (Å²) in [5.41, 5.74) is 1.49. The van der Waals surface area contributed by atoms with Crippen LogP contribution in [-0.2, 0) is 24.8 Å². The van der Waals surface area contributed by atoms with Gasteiger partial charge in [0.1, 0.15) is 0 Å². The quantitative estimate of drug-likeness (QED) is 0.758. The molecule has 0 saturated carbocycles. The Morgan fingerprint density at radius 2 is 1.77 bits per heavy atom. The van der Waals surface area contributed by atoms with E-state index in [-0.39, 0.29) is 22.8 Å². The molecule has 0 bridgehead atoms. The third kappa shape index (κ3) is 3.62. The Labute approximate surface area is 160 Å². The van der Waals surface area contributed by atoms with Crippen molar-refractivity contribution >= 4 is 53.3 Å². The van der Waals surface area contributed by atoms with Gasteiger partial charge in [0.15, 0.2) is 0 Å². The van der Waals surface area contributed by atoms with Crippen molar-refractivity contribution in [3.05, 3.63) is 52.5 Å². The summed E-state index contributed by atoms with van der Waals surface area (Å²) in [7, 11) is -7.55. The predicted octanol–water partition coefficient (Wildman–Crippen LogP) is 2.62. The highest BCUT2D eigenvalue weighted by molar-refractivity contribution is 9.10. The lowest BCUT2D eigenvalue weighted by Gasteiger charge is -2.15. The van der Waals surface area contributed by atoms with Crippen molar-refractivity contribution in [2.24, 2.45) is 0 Å². The van der Waals surface area contributed by atoms with Crippen LogP contribution >= 0.6 is 15.9 Å². The minimum atomic E-state index is -3.86. The molecule has 10 heteroatoms. The van der Waals surface area contributed by atoms with Crippen LogP contribution in [0.2, 0.25) is 0 Å². The van der Waals surface area contributed by atoms with Crippen molar-refractivity contribution < 1.29 is 21.6 Å². The van der Waals surface area contributed by atoms with Gasteiger partial charge in [-0.05, 0) is 64.8 Å². The zero-order valence-corrected chi connectivity index (χ0v) is 16.9. The van der Waals surface area contributed by atoms with Crippen LogP contribution in [0.4, 0.5) is 11.4 Å². The first kappa shape index (κ1) is 18.9. The fourth-order valence-corrected chi connectivity index (χ4v) is 5.80. The molecular weight excluding hydrogens is 444 g/mol. The first-order chi connectivity index (χ1) is 12.1. The topological polar surface area (TPSA) is 101 Å². The number of halogens is 1. The van der Waals surface area contributed by atoms with Gasteiger partial charge in [-0.25, -0.2) is 21.1 Å². The Hall–Kier alpha value is -1.91. The maximum Gasteiger partial charge on any atom is 0.261 e. The highest BCUT2D eigenvalue weighted by Crippen LogP contribution is 2.28. The van der Waals surface area contributed by atoms with Gasteiger partial charge >= 0.3 is 0 Å². The normalized spacial score (nSPS) is 16.7. The molecule has 1 heterocycles. The lowest BCUT2D eigenvalue weighted by atomic mass is 10.2. The largest absolute Gasteiger partial charge is 0.278 e. The Morgan fingerprint density at radius 1 is 1.12 bits per heavy atom. The van der Waals surface area contributed by atoms with Gasteiger partial charge in [-0.15, -0.1) is 0 Å². The molecule has 2 aromatic carbocycles. The van der Waals surface area contributed by atoms with Crippen LogP contribution in [0.25, 0.3) is 0 Å². The molecule has 0 radical (unpaired) electrons. The zero-order chi connectivity index (χ0) is 19.1. The molecule has 0 aliphatic carbocycles. The monoisotopic (exact) mass is 458 g/mol. The number of hydrogen-bond donors (Lipinski definition) is 1. The van der Waals surface area contributed by atoms with Gasteiger partial charge in [0.25, 0.3) is 10.0 Å². The molecule has 1 N–H and O–H groups in total. The summed E-state index contributed by atoms with van der Waals surface area (Å²) >= 11 is 3.31. The van der Waals surface area contributed by atoms with Crippen LogP contribution in [0.15, 0.2) is 51.8 Å². The maximum absolute atomic E-state index is 12.5. The van der Waals surface area contributed by atoms with Crippen LogP contribution in [0, 0.1) is 6.92 Å². The molecule has 1 aliphatic rings. The van der Waals surface area contributed by atoms with E-state index < -0.39 is 26.0 Å². The molecule has 1 aliphatic heterocycles. The van der Waals surface area contributed by atoms with Crippen LogP contribution < -0.4 is 9.03 Å². The SMILES string of the molecule is Cc1ccc(NS(=O)(=O)c2ccc(N3C(=O)CCS3(=O)=O)cc2)c(Br)c1. The van der Waals surface area contributed by atoms with Gasteiger partial charge in [-0.2, -0.15) is 0 Å². The molecule has 0 spiro atoms. The molecule has 3 rings (SSSR count). The van der Waals surface area contributed by atoms with Crippen LogP contribution in [-0.4, -0.2) is 28.5 Å². The summed E-state index contributed by atoms with van der Waals surface area (Å²) in [6, 6.07) is 10.3. The highest BCUT2D eigenvalue weighted by atomic mass is 79.9. The van der Waals surface area contributed by atoms with Crippen molar-refractivity contribution in [3.63, 3.8) is 0 Å². The van der Waals surface area contributed by atoms with Crippen LogP contribution in [0.1, 0.15) is 12.0 Å². The molecule has 2 aromatic rings. The molecule has 7 nitrogen and oxygen atoms in total. The third-order valence-corrected chi connectivity index (χ3v) is 7.56. The number of benzene rings is 2. The number of rotatable bonds is 4. The third-order valence-electron chi connectivity index (χ3n) is 3.83. The molecule has 138 valence electrons. The summed E-state index contributed by atoms with van der Waals surface area (Å²) in [5, 5.41) is 0. The van der Waals surface area contributed by atoms with E-state index >= 15 is 0 Å². The summed E-state index contributed by atoms with van der Waals surface area (Å²) in [4.78, 5) is 11.7. The molecule has 1 saturated heterocycles. The van der Waals surface area contributed by atoms with Crippen molar-refractivity contribution in [3.8, 4) is 0 Å². The van der Waals surface area contributed by atoms with Gasteiger partial charge in [0.2, 0.25) is 15.9 Å².